The van der Waals surface area contributed by atoms with E-state index in [2.05, 4.69) is 20.9 Å². The minimum absolute atomic E-state index is 0.204. The molecule has 10 nitrogen and oxygen atoms in total. The number of ether oxygens (including phenoxy) is 1. The summed E-state index contributed by atoms with van der Waals surface area (Å²) in [6.45, 7) is 1.80. The summed E-state index contributed by atoms with van der Waals surface area (Å²) in [4.78, 5) is 32.1. The van der Waals surface area contributed by atoms with Crippen LogP contribution in [0.1, 0.15) is 52.0 Å². The third-order valence-corrected chi connectivity index (χ3v) is 6.19. The van der Waals surface area contributed by atoms with Crippen LogP contribution in [0.15, 0.2) is 60.8 Å². The summed E-state index contributed by atoms with van der Waals surface area (Å²) in [5.74, 6) is 0.241. The van der Waals surface area contributed by atoms with Gasteiger partial charge in [-0.2, -0.15) is 0 Å². The number of unbranched alkanes of at least 4 members (excludes halogenated alkanes) is 3. The maximum Gasteiger partial charge on any atom is 0.259 e. The van der Waals surface area contributed by atoms with Crippen molar-refractivity contribution >= 4 is 40.8 Å². The van der Waals surface area contributed by atoms with Gasteiger partial charge in [0.25, 0.3) is 11.8 Å². The van der Waals surface area contributed by atoms with E-state index < -0.39 is 11.8 Å². The Morgan fingerprint density at radius 2 is 1.68 bits per heavy atom. The predicted molar refractivity (Wildman–Crippen MR) is 160 cm³/mol. The predicted octanol–water partition coefficient (Wildman–Crippen LogP) is 4.57. The Kier molecular flexibility index (Phi) is 11.9. The van der Waals surface area contributed by atoms with Gasteiger partial charge in [0.05, 0.1) is 16.3 Å². The first-order valence-corrected chi connectivity index (χ1v) is 13.4. The fraction of sp³-hybridized carbons (Fsp3) is 0.310. The van der Waals surface area contributed by atoms with Crippen LogP contribution >= 0.6 is 11.6 Å². The number of aromatic nitrogens is 1. The topological polar surface area (TPSA) is 145 Å². The van der Waals surface area contributed by atoms with Crippen molar-refractivity contribution < 1.29 is 14.3 Å². The van der Waals surface area contributed by atoms with Crippen LogP contribution in [0.5, 0.6) is 5.75 Å². The number of hydrogen-bond acceptors (Lipinski definition) is 7. The number of hydrogen-bond donors (Lipinski definition) is 5. The average molecular weight is 566 g/mol. The van der Waals surface area contributed by atoms with E-state index in [4.69, 9.17) is 27.5 Å². The van der Waals surface area contributed by atoms with Gasteiger partial charge in [-0.1, -0.05) is 36.6 Å². The second-order valence-corrected chi connectivity index (χ2v) is 9.73. The number of halogens is 1. The van der Waals surface area contributed by atoms with Crippen LogP contribution in [-0.4, -0.2) is 61.4 Å². The van der Waals surface area contributed by atoms with Crippen molar-refractivity contribution in [3.8, 4) is 5.75 Å². The Hall–Kier alpha value is -3.99. The Labute approximate surface area is 239 Å². The normalized spacial score (nSPS) is 10.6. The average Bonchev–Trinajstić information content (AvgIpc) is 2.95. The quantitative estimate of drug-likeness (QED) is 0.0832. The third-order valence-electron chi connectivity index (χ3n) is 5.97. The molecule has 2 aromatic carbocycles. The monoisotopic (exact) mass is 565 g/mol. The fourth-order valence-corrected chi connectivity index (χ4v) is 3.84. The van der Waals surface area contributed by atoms with Crippen molar-refractivity contribution in [1.29, 1.82) is 5.41 Å². The molecule has 0 aliphatic rings. The molecule has 0 fully saturated rings. The Morgan fingerprint density at radius 3 is 2.35 bits per heavy atom. The summed E-state index contributed by atoms with van der Waals surface area (Å²) < 4.78 is 5.81. The number of carbonyl (C=O) groups excluding carboxylic acids is 2. The molecule has 0 aliphatic heterocycles. The van der Waals surface area contributed by atoms with Crippen molar-refractivity contribution in [3.63, 3.8) is 0 Å². The maximum atomic E-state index is 13.2. The molecule has 212 valence electrons. The first kappa shape index (κ1) is 30.6. The fourth-order valence-electron chi connectivity index (χ4n) is 3.73. The first-order chi connectivity index (χ1) is 19.3. The number of benzene rings is 2. The molecule has 3 rings (SSSR count). The minimum atomic E-state index is -0.474. The lowest BCUT2D eigenvalue weighted by Gasteiger charge is -2.15. The number of nitrogens with two attached hydrogens (primary N) is 1. The molecule has 11 heteroatoms. The van der Waals surface area contributed by atoms with E-state index >= 15 is 0 Å². The van der Waals surface area contributed by atoms with Crippen LogP contribution in [0, 0.1) is 5.41 Å². The third kappa shape index (κ3) is 9.33. The second-order valence-electron chi connectivity index (χ2n) is 9.29. The Balaban J connectivity index is 1.72. The highest BCUT2D eigenvalue weighted by molar-refractivity contribution is 6.30. The number of carbonyl (C=O) groups is 2. The number of anilines is 2. The second kappa shape index (κ2) is 15.6. The molecular formula is C29H36ClN7O3. The molecule has 0 unspecified atom stereocenters. The number of pyridine rings is 1. The molecule has 6 N–H and O–H groups in total. The summed E-state index contributed by atoms with van der Waals surface area (Å²) in [5, 5.41) is 17.3. The SMILES string of the molecule is CN(C)C(=N)c1ccc(C(=O)Nc2ccc(OCNCCCCCCN)cc2C(=O)Nc2ccc(Cl)cn2)cc1. The van der Waals surface area contributed by atoms with Gasteiger partial charge >= 0.3 is 0 Å². The molecular weight excluding hydrogens is 530 g/mol. The van der Waals surface area contributed by atoms with Crippen LogP contribution < -0.4 is 26.4 Å². The smallest absolute Gasteiger partial charge is 0.259 e. The van der Waals surface area contributed by atoms with Gasteiger partial charge in [-0.05, 0) is 68.4 Å². The summed E-state index contributed by atoms with van der Waals surface area (Å²) in [6, 6.07) is 14.8. The van der Waals surface area contributed by atoms with Gasteiger partial charge < -0.3 is 26.0 Å². The molecule has 1 heterocycles. The van der Waals surface area contributed by atoms with Crippen LogP contribution in [0.4, 0.5) is 11.5 Å². The maximum absolute atomic E-state index is 13.2. The Bertz CT molecular complexity index is 1280. The highest BCUT2D eigenvalue weighted by Gasteiger charge is 2.17. The first-order valence-electron chi connectivity index (χ1n) is 13.1. The molecule has 1 aromatic heterocycles. The number of rotatable bonds is 14. The zero-order valence-electron chi connectivity index (χ0n) is 22.8. The molecule has 0 aliphatic carbocycles. The van der Waals surface area contributed by atoms with Crippen molar-refractivity contribution in [1.82, 2.24) is 15.2 Å². The lowest BCUT2D eigenvalue weighted by molar-refractivity contribution is 0.102. The van der Waals surface area contributed by atoms with Crippen LogP contribution in [-0.2, 0) is 0 Å². The standard InChI is InChI=1S/C29H36ClN7O3/c1-37(2)27(32)20-7-9-21(10-8-20)28(38)35-25-13-12-23(40-19-33-16-6-4-3-5-15-31)17-24(25)29(39)36-26-14-11-22(30)18-34-26/h7-14,17-18,32-33H,3-6,15-16,19,31H2,1-2H3,(H,35,38)(H,34,36,39). The van der Waals surface area contributed by atoms with Crippen LogP contribution in [0.3, 0.4) is 0 Å². The molecule has 0 saturated heterocycles. The summed E-state index contributed by atoms with van der Waals surface area (Å²) >= 11 is 5.91. The van der Waals surface area contributed by atoms with E-state index in [1.165, 1.54) is 6.20 Å². The highest BCUT2D eigenvalue weighted by atomic mass is 35.5. The number of amidine groups is 1. The lowest BCUT2D eigenvalue weighted by atomic mass is 10.1. The van der Waals surface area contributed by atoms with Gasteiger partial charge in [-0.25, -0.2) is 4.98 Å². The van der Waals surface area contributed by atoms with Crippen molar-refractivity contribution in [2.45, 2.75) is 25.7 Å². The van der Waals surface area contributed by atoms with Crippen LogP contribution in [0.25, 0.3) is 0 Å². The van der Waals surface area contributed by atoms with Gasteiger partial charge in [0.15, 0.2) is 0 Å². The van der Waals surface area contributed by atoms with E-state index in [-0.39, 0.29) is 12.3 Å². The molecule has 2 amide bonds. The van der Waals surface area contributed by atoms with E-state index in [0.717, 1.165) is 32.2 Å². The summed E-state index contributed by atoms with van der Waals surface area (Å²) in [5.41, 5.74) is 7.10. The van der Waals surface area contributed by atoms with E-state index in [0.29, 0.717) is 45.8 Å². The Morgan fingerprint density at radius 1 is 0.950 bits per heavy atom. The zero-order chi connectivity index (χ0) is 28.9. The van der Waals surface area contributed by atoms with Gasteiger partial charge in [0.2, 0.25) is 0 Å². The van der Waals surface area contributed by atoms with Crippen molar-refractivity contribution in [2.75, 3.05) is 44.5 Å². The van der Waals surface area contributed by atoms with Gasteiger partial charge in [0, 0.05) is 31.4 Å². The lowest BCUT2D eigenvalue weighted by Crippen LogP contribution is -2.22. The van der Waals surface area contributed by atoms with Crippen LogP contribution in [0.2, 0.25) is 5.02 Å². The summed E-state index contributed by atoms with van der Waals surface area (Å²) in [7, 11) is 3.56. The number of nitrogens with one attached hydrogen (secondary N) is 4. The number of nitrogens with zero attached hydrogens (tertiary/aromatic N) is 2. The molecule has 0 radical (unpaired) electrons. The molecule has 0 saturated carbocycles. The highest BCUT2D eigenvalue weighted by Crippen LogP contribution is 2.24. The molecule has 0 bridgehead atoms. The van der Waals surface area contributed by atoms with E-state index in [9.17, 15) is 9.59 Å². The summed E-state index contributed by atoms with van der Waals surface area (Å²) in [6.07, 6.45) is 5.69. The van der Waals surface area contributed by atoms with Gasteiger partial charge in [-0.3, -0.25) is 20.3 Å². The molecule has 3 aromatic rings. The van der Waals surface area contributed by atoms with Crippen molar-refractivity contribution in [3.05, 3.63) is 82.5 Å². The number of amides is 2. The molecule has 0 spiro atoms. The molecule has 40 heavy (non-hydrogen) atoms. The van der Waals surface area contributed by atoms with E-state index in [1.807, 2.05) is 0 Å². The minimum Gasteiger partial charge on any atom is -0.478 e. The largest absolute Gasteiger partial charge is 0.478 e. The molecule has 0 atom stereocenters. The van der Waals surface area contributed by atoms with E-state index in [1.54, 1.807) is 73.6 Å². The zero-order valence-corrected chi connectivity index (χ0v) is 23.6. The van der Waals surface area contributed by atoms with Gasteiger partial charge in [-0.15, -0.1) is 0 Å². The van der Waals surface area contributed by atoms with Crippen molar-refractivity contribution in [2.24, 2.45) is 5.73 Å². The van der Waals surface area contributed by atoms with Gasteiger partial charge in [0.1, 0.15) is 24.1 Å².